The summed E-state index contributed by atoms with van der Waals surface area (Å²) in [4.78, 5) is 0. The van der Waals surface area contributed by atoms with Crippen LogP contribution in [0.15, 0.2) is 0 Å². The summed E-state index contributed by atoms with van der Waals surface area (Å²) in [6.45, 7) is 9.28. The average Bonchev–Trinajstić information content (AvgIpc) is 2.66. The number of rotatable bonds is 20. The fraction of sp³-hybridized carbons (Fsp3) is 1.00. The third-order valence-corrected chi connectivity index (χ3v) is 2.60. The van der Waals surface area contributed by atoms with Crippen molar-refractivity contribution < 1.29 is 43.4 Å². The van der Waals surface area contributed by atoms with E-state index in [1.165, 1.54) is 0 Å². The van der Waals surface area contributed by atoms with Gasteiger partial charge in [0, 0.05) is 13.7 Å². The summed E-state index contributed by atoms with van der Waals surface area (Å²) in [6.07, 6.45) is 0. The Kier molecular flexibility index (Phi) is 31.5. The van der Waals surface area contributed by atoms with Crippen molar-refractivity contribution in [3.8, 4) is 0 Å². The Morgan fingerprint density at radius 2 is 0.769 bits per heavy atom. The summed E-state index contributed by atoms with van der Waals surface area (Å²) in [5.74, 6) is 0. The molecule has 0 saturated heterocycles. The van der Waals surface area contributed by atoms with Gasteiger partial charge in [-0.1, -0.05) is 0 Å². The van der Waals surface area contributed by atoms with Crippen LogP contribution < -0.4 is 0 Å². The smallest absolute Gasteiger partial charge is 0.0701 e. The van der Waals surface area contributed by atoms with Gasteiger partial charge in [0.25, 0.3) is 0 Å². The average molecular weight is 386 g/mol. The maximum absolute atomic E-state index is 8.39. The van der Waals surface area contributed by atoms with E-state index < -0.39 is 0 Å². The molecule has 0 aliphatic heterocycles. The highest BCUT2D eigenvalue weighted by atomic mass is 16.6. The van der Waals surface area contributed by atoms with Gasteiger partial charge in [0.1, 0.15) is 0 Å². The van der Waals surface area contributed by atoms with E-state index in [1.807, 2.05) is 6.92 Å². The zero-order chi connectivity index (χ0) is 19.6. The molecule has 0 aromatic rings. The summed E-state index contributed by atoms with van der Waals surface area (Å²) < 4.78 is 35.3. The van der Waals surface area contributed by atoms with Crippen LogP contribution in [0.1, 0.15) is 6.92 Å². The Morgan fingerprint density at radius 3 is 1.08 bits per heavy atom. The molecule has 0 amide bonds. The van der Waals surface area contributed by atoms with Gasteiger partial charge < -0.3 is 43.4 Å². The first-order valence-corrected chi connectivity index (χ1v) is 9.00. The molecule has 0 aliphatic rings. The summed E-state index contributed by atoms with van der Waals surface area (Å²) in [5.41, 5.74) is 0. The van der Waals surface area contributed by atoms with E-state index in [0.717, 1.165) is 6.61 Å². The third kappa shape index (κ3) is 31.4. The summed E-state index contributed by atoms with van der Waals surface area (Å²) >= 11 is 0. The zero-order valence-corrected chi connectivity index (χ0v) is 16.4. The van der Waals surface area contributed by atoms with Gasteiger partial charge in [-0.25, -0.2) is 0 Å². The van der Waals surface area contributed by atoms with Crippen LogP contribution >= 0.6 is 0 Å². The molecule has 0 fully saturated rings. The highest BCUT2D eigenvalue weighted by molar-refractivity contribution is 4.34. The van der Waals surface area contributed by atoms with Gasteiger partial charge in [0.05, 0.1) is 92.5 Å². The number of hydrogen-bond acceptors (Lipinski definition) is 9. The molecule has 9 nitrogen and oxygen atoms in total. The number of hydrogen-bond donors (Lipinski definition) is 2. The standard InChI is InChI=1S/C9H20O5.C8H18O4/c1-11-4-5-13-8-9-14-7-6-12-3-2-10;1-2-10-5-6-12-8-7-11-4-3-9/h10H,2-9H2,1H3;9H,2-8H2,1H3. The van der Waals surface area contributed by atoms with Crippen molar-refractivity contribution in [3.63, 3.8) is 0 Å². The van der Waals surface area contributed by atoms with Gasteiger partial charge in [0.2, 0.25) is 0 Å². The minimum absolute atomic E-state index is 0.0557. The lowest BCUT2D eigenvalue weighted by atomic mass is 10.7. The Labute approximate surface area is 157 Å². The minimum Gasteiger partial charge on any atom is -0.394 e. The second kappa shape index (κ2) is 29.4. The number of ether oxygens (including phenoxy) is 7. The summed E-state index contributed by atoms with van der Waals surface area (Å²) in [6, 6.07) is 0. The van der Waals surface area contributed by atoms with E-state index in [-0.39, 0.29) is 13.2 Å². The monoisotopic (exact) mass is 386 g/mol. The molecule has 26 heavy (non-hydrogen) atoms. The number of aliphatic hydroxyl groups excluding tert-OH is 2. The lowest BCUT2D eigenvalue weighted by molar-refractivity contribution is -0.000973. The van der Waals surface area contributed by atoms with Crippen molar-refractivity contribution in [3.05, 3.63) is 0 Å². The molecule has 0 unspecified atom stereocenters. The Balaban J connectivity index is 0. The van der Waals surface area contributed by atoms with Crippen LogP contribution in [0.25, 0.3) is 0 Å². The highest BCUT2D eigenvalue weighted by Crippen LogP contribution is 1.81. The molecule has 160 valence electrons. The molecule has 9 heteroatoms. The van der Waals surface area contributed by atoms with E-state index in [0.29, 0.717) is 79.3 Å². The fourth-order valence-electron chi connectivity index (χ4n) is 1.40. The third-order valence-electron chi connectivity index (χ3n) is 2.60. The normalized spacial score (nSPS) is 10.6. The van der Waals surface area contributed by atoms with Gasteiger partial charge in [-0.2, -0.15) is 0 Å². The van der Waals surface area contributed by atoms with E-state index in [4.69, 9.17) is 43.4 Å². The van der Waals surface area contributed by atoms with E-state index in [9.17, 15) is 0 Å². The first-order valence-electron chi connectivity index (χ1n) is 9.00. The Morgan fingerprint density at radius 1 is 0.462 bits per heavy atom. The van der Waals surface area contributed by atoms with Crippen molar-refractivity contribution in [1.82, 2.24) is 0 Å². The van der Waals surface area contributed by atoms with Crippen molar-refractivity contribution in [2.24, 2.45) is 0 Å². The predicted octanol–water partition coefficient (Wildman–Crippen LogP) is -0.277. The van der Waals surface area contributed by atoms with E-state index in [1.54, 1.807) is 7.11 Å². The predicted molar refractivity (Wildman–Crippen MR) is 96.6 cm³/mol. The molecule has 0 radical (unpaired) electrons. The number of methoxy groups -OCH3 is 1. The van der Waals surface area contributed by atoms with Gasteiger partial charge >= 0.3 is 0 Å². The first kappa shape index (κ1) is 27.9. The van der Waals surface area contributed by atoms with E-state index in [2.05, 4.69) is 0 Å². The van der Waals surface area contributed by atoms with Crippen molar-refractivity contribution in [1.29, 1.82) is 0 Å². The second-order valence-corrected chi connectivity index (χ2v) is 4.70. The van der Waals surface area contributed by atoms with Crippen LogP contribution in [0.2, 0.25) is 0 Å². The van der Waals surface area contributed by atoms with Gasteiger partial charge in [0.15, 0.2) is 0 Å². The number of aliphatic hydroxyl groups is 2. The van der Waals surface area contributed by atoms with Crippen LogP contribution in [0.4, 0.5) is 0 Å². The SMILES string of the molecule is CCOCCOCCOCCO.COCCOCCOCCOCCO. The molecule has 0 aliphatic carbocycles. The molecule has 0 bridgehead atoms. The first-order chi connectivity index (χ1) is 12.8. The summed E-state index contributed by atoms with van der Waals surface area (Å²) in [5, 5.41) is 16.7. The van der Waals surface area contributed by atoms with Crippen LogP contribution in [-0.4, -0.2) is 116 Å². The van der Waals surface area contributed by atoms with Crippen LogP contribution in [0, 0.1) is 0 Å². The topological polar surface area (TPSA) is 105 Å². The lowest BCUT2D eigenvalue weighted by Crippen LogP contribution is -2.12. The molecule has 0 aromatic carbocycles. The molecule has 0 rings (SSSR count). The van der Waals surface area contributed by atoms with Crippen LogP contribution in [-0.2, 0) is 33.2 Å². The zero-order valence-electron chi connectivity index (χ0n) is 16.4. The Bertz CT molecular complexity index is 198. The minimum atomic E-state index is 0.0557. The maximum atomic E-state index is 8.39. The highest BCUT2D eigenvalue weighted by Gasteiger charge is 1.91. The molecular weight excluding hydrogens is 348 g/mol. The molecule has 0 atom stereocenters. The quantitative estimate of drug-likeness (QED) is 0.273. The van der Waals surface area contributed by atoms with Crippen molar-refractivity contribution in [2.75, 3.05) is 106 Å². The Hall–Kier alpha value is -0.360. The molecule has 0 aromatic heterocycles. The molecule has 0 saturated carbocycles. The van der Waals surface area contributed by atoms with Crippen LogP contribution in [0.3, 0.4) is 0 Å². The summed E-state index contributed by atoms with van der Waals surface area (Å²) in [7, 11) is 1.64. The molecule has 0 spiro atoms. The second-order valence-electron chi connectivity index (χ2n) is 4.70. The largest absolute Gasteiger partial charge is 0.394 e. The molecule has 0 heterocycles. The van der Waals surface area contributed by atoms with Gasteiger partial charge in [-0.3, -0.25) is 0 Å². The van der Waals surface area contributed by atoms with Crippen molar-refractivity contribution >= 4 is 0 Å². The maximum Gasteiger partial charge on any atom is 0.0701 e. The lowest BCUT2D eigenvalue weighted by Gasteiger charge is -2.05. The fourth-order valence-corrected chi connectivity index (χ4v) is 1.40. The van der Waals surface area contributed by atoms with E-state index >= 15 is 0 Å². The van der Waals surface area contributed by atoms with Gasteiger partial charge in [-0.15, -0.1) is 0 Å². The van der Waals surface area contributed by atoms with Crippen LogP contribution in [0.5, 0.6) is 0 Å². The van der Waals surface area contributed by atoms with Crippen molar-refractivity contribution in [2.45, 2.75) is 6.92 Å². The molecule has 2 N–H and O–H groups in total. The van der Waals surface area contributed by atoms with Gasteiger partial charge in [-0.05, 0) is 6.92 Å². The molecular formula is C17H38O9.